The minimum atomic E-state index is -4.51. The fourth-order valence-corrected chi connectivity index (χ4v) is 1.95. The number of halogens is 4. The van der Waals surface area contributed by atoms with Crippen LogP contribution in [0.2, 0.25) is 0 Å². The van der Waals surface area contributed by atoms with Gasteiger partial charge < -0.3 is 0 Å². The molecule has 0 radical (unpaired) electrons. The summed E-state index contributed by atoms with van der Waals surface area (Å²) in [7, 11) is 0. The number of thiol groups is 1. The molecule has 0 amide bonds. The maximum Gasteiger partial charge on any atom is 0.418 e. The molecule has 74 valence electrons. The van der Waals surface area contributed by atoms with Crippen LogP contribution >= 0.6 is 35.2 Å². The molecule has 0 bridgehead atoms. The van der Waals surface area contributed by atoms with E-state index in [-0.39, 0.29) is 8.47 Å². The van der Waals surface area contributed by atoms with Crippen molar-refractivity contribution in [3.8, 4) is 6.07 Å². The first-order valence-electron chi connectivity index (χ1n) is 3.36. The first-order chi connectivity index (χ1) is 6.38. The zero-order valence-electron chi connectivity index (χ0n) is 6.56. The van der Waals surface area contributed by atoms with Gasteiger partial charge in [0, 0.05) is 8.47 Å². The van der Waals surface area contributed by atoms with E-state index in [0.29, 0.717) is 0 Å². The van der Waals surface area contributed by atoms with Gasteiger partial charge in [0.25, 0.3) is 0 Å². The normalized spacial score (nSPS) is 11.1. The van der Waals surface area contributed by atoms with Crippen LogP contribution in [0.1, 0.15) is 11.1 Å². The Kier molecular flexibility index (Phi) is 3.32. The molecule has 14 heavy (non-hydrogen) atoms. The molecule has 0 heterocycles. The number of hydrogen-bond donors (Lipinski definition) is 1. The highest BCUT2D eigenvalue weighted by atomic mass is 127. The minimum absolute atomic E-state index is 0.00412. The summed E-state index contributed by atoms with van der Waals surface area (Å²) < 4.78 is 37.5. The number of nitrogens with zero attached hydrogens (tertiary/aromatic N) is 1. The smallest absolute Gasteiger partial charge is 0.192 e. The van der Waals surface area contributed by atoms with Crippen molar-refractivity contribution < 1.29 is 13.2 Å². The lowest BCUT2D eigenvalue weighted by molar-refractivity contribution is -0.138. The van der Waals surface area contributed by atoms with Crippen LogP contribution in [-0.2, 0) is 6.18 Å². The Bertz CT molecular complexity index is 408. The van der Waals surface area contributed by atoms with Crippen molar-refractivity contribution in [1.82, 2.24) is 0 Å². The van der Waals surface area contributed by atoms with Crippen LogP contribution in [0, 0.1) is 14.9 Å². The van der Waals surface area contributed by atoms with E-state index in [1.807, 2.05) is 0 Å². The molecule has 0 saturated heterocycles. The van der Waals surface area contributed by atoms with Gasteiger partial charge in [-0.25, -0.2) is 0 Å². The first-order valence-corrected chi connectivity index (χ1v) is 4.89. The highest BCUT2D eigenvalue weighted by Gasteiger charge is 2.36. The fraction of sp³-hybridized carbons (Fsp3) is 0.125. The standard InChI is InChI=1S/C8H3F3INS/c9-8(10,11)7-4(3-13)6(14)2-1-5(7)12/h1-2,14H. The number of nitriles is 1. The molecule has 0 aliphatic rings. The van der Waals surface area contributed by atoms with Crippen molar-refractivity contribution in [1.29, 1.82) is 5.26 Å². The van der Waals surface area contributed by atoms with Crippen LogP contribution in [-0.4, -0.2) is 0 Å². The van der Waals surface area contributed by atoms with Gasteiger partial charge in [0.05, 0.1) is 11.1 Å². The Morgan fingerprint density at radius 1 is 1.36 bits per heavy atom. The molecule has 1 aromatic carbocycles. The Morgan fingerprint density at radius 2 is 1.93 bits per heavy atom. The molecule has 0 aromatic heterocycles. The van der Waals surface area contributed by atoms with Crippen molar-refractivity contribution >= 4 is 35.2 Å². The maximum atomic E-state index is 12.5. The SMILES string of the molecule is N#Cc1c(S)ccc(I)c1C(F)(F)F. The third-order valence-electron chi connectivity index (χ3n) is 1.53. The summed E-state index contributed by atoms with van der Waals surface area (Å²) in [4.78, 5) is 0.0419. The van der Waals surface area contributed by atoms with Crippen molar-refractivity contribution in [2.24, 2.45) is 0 Å². The molecule has 0 spiro atoms. The van der Waals surface area contributed by atoms with Crippen molar-refractivity contribution in [2.75, 3.05) is 0 Å². The van der Waals surface area contributed by atoms with Crippen molar-refractivity contribution in [2.45, 2.75) is 11.1 Å². The van der Waals surface area contributed by atoms with Crippen molar-refractivity contribution in [3.05, 3.63) is 26.8 Å². The van der Waals surface area contributed by atoms with Crippen LogP contribution in [0.5, 0.6) is 0 Å². The van der Waals surface area contributed by atoms with E-state index in [4.69, 9.17) is 5.26 Å². The lowest BCUT2D eigenvalue weighted by atomic mass is 10.1. The van der Waals surface area contributed by atoms with E-state index in [0.717, 1.165) is 0 Å². The van der Waals surface area contributed by atoms with E-state index in [1.165, 1.54) is 18.2 Å². The van der Waals surface area contributed by atoms with Gasteiger partial charge in [-0.05, 0) is 34.7 Å². The van der Waals surface area contributed by atoms with E-state index in [9.17, 15) is 13.2 Å². The lowest BCUT2D eigenvalue weighted by Crippen LogP contribution is -2.10. The molecule has 0 saturated carbocycles. The highest BCUT2D eigenvalue weighted by molar-refractivity contribution is 14.1. The third-order valence-corrected chi connectivity index (χ3v) is 2.80. The van der Waals surface area contributed by atoms with Crippen LogP contribution < -0.4 is 0 Å². The quantitative estimate of drug-likeness (QED) is 0.572. The van der Waals surface area contributed by atoms with Gasteiger partial charge >= 0.3 is 6.18 Å². The second-order valence-electron chi connectivity index (χ2n) is 2.43. The van der Waals surface area contributed by atoms with E-state index < -0.39 is 17.3 Å². The zero-order chi connectivity index (χ0) is 10.9. The van der Waals surface area contributed by atoms with Crippen molar-refractivity contribution in [3.63, 3.8) is 0 Å². The number of rotatable bonds is 0. The van der Waals surface area contributed by atoms with Crippen LogP contribution in [0.15, 0.2) is 17.0 Å². The molecule has 0 N–H and O–H groups in total. The van der Waals surface area contributed by atoms with Crippen LogP contribution in [0.4, 0.5) is 13.2 Å². The molecule has 0 fully saturated rings. The number of benzene rings is 1. The monoisotopic (exact) mass is 329 g/mol. The lowest BCUT2D eigenvalue weighted by Gasteiger charge is -2.11. The van der Waals surface area contributed by atoms with Crippen LogP contribution in [0.3, 0.4) is 0 Å². The summed E-state index contributed by atoms with van der Waals surface area (Å²) in [6, 6.07) is 4.17. The van der Waals surface area contributed by atoms with E-state index in [1.54, 1.807) is 22.6 Å². The summed E-state index contributed by atoms with van der Waals surface area (Å²) in [5, 5.41) is 8.58. The largest absolute Gasteiger partial charge is 0.418 e. The Labute approximate surface area is 97.5 Å². The molecule has 1 aromatic rings. The molecule has 0 unspecified atom stereocenters. The molecule has 0 atom stereocenters. The summed E-state index contributed by atoms with van der Waals surface area (Å²) in [6.45, 7) is 0. The predicted octanol–water partition coefficient (Wildman–Crippen LogP) is 3.47. The van der Waals surface area contributed by atoms with Gasteiger partial charge in [-0.15, -0.1) is 12.6 Å². The molecule has 0 aliphatic heterocycles. The Hall–Kier alpha value is -0.420. The van der Waals surface area contributed by atoms with E-state index >= 15 is 0 Å². The van der Waals surface area contributed by atoms with E-state index in [2.05, 4.69) is 12.6 Å². The molecule has 0 aliphatic carbocycles. The molecular weight excluding hydrogens is 326 g/mol. The summed E-state index contributed by atoms with van der Waals surface area (Å²) in [6.07, 6.45) is -4.51. The van der Waals surface area contributed by atoms with Crippen LogP contribution in [0.25, 0.3) is 0 Å². The topological polar surface area (TPSA) is 23.8 Å². The van der Waals surface area contributed by atoms with Gasteiger partial charge in [0.1, 0.15) is 6.07 Å². The van der Waals surface area contributed by atoms with Gasteiger partial charge in [-0.3, -0.25) is 0 Å². The zero-order valence-corrected chi connectivity index (χ0v) is 9.61. The minimum Gasteiger partial charge on any atom is -0.192 e. The summed E-state index contributed by atoms with van der Waals surface area (Å²) in [5.74, 6) is 0. The fourth-order valence-electron chi connectivity index (χ4n) is 0.957. The van der Waals surface area contributed by atoms with Gasteiger partial charge in [-0.2, -0.15) is 18.4 Å². The second-order valence-corrected chi connectivity index (χ2v) is 4.07. The number of hydrogen-bond acceptors (Lipinski definition) is 2. The number of alkyl halides is 3. The maximum absolute atomic E-state index is 12.5. The average molecular weight is 329 g/mol. The summed E-state index contributed by atoms with van der Waals surface area (Å²) >= 11 is 5.35. The molecular formula is C8H3F3INS. The summed E-state index contributed by atoms with van der Waals surface area (Å²) in [5.41, 5.74) is -1.33. The first kappa shape index (κ1) is 11.7. The average Bonchev–Trinajstić information content (AvgIpc) is 2.06. The van der Waals surface area contributed by atoms with Gasteiger partial charge in [0.2, 0.25) is 0 Å². The Balaban J connectivity index is 3.56. The molecule has 1 rings (SSSR count). The van der Waals surface area contributed by atoms with Gasteiger partial charge in [0.15, 0.2) is 0 Å². The predicted molar refractivity (Wildman–Crippen MR) is 56.1 cm³/mol. The van der Waals surface area contributed by atoms with Gasteiger partial charge in [-0.1, -0.05) is 0 Å². The molecule has 1 nitrogen and oxygen atoms in total. The third kappa shape index (κ3) is 2.15. The molecule has 6 heteroatoms. The highest BCUT2D eigenvalue weighted by Crippen LogP contribution is 2.37. The second kappa shape index (κ2) is 3.98. The Morgan fingerprint density at radius 3 is 2.29 bits per heavy atom.